The highest BCUT2D eigenvalue weighted by Crippen LogP contribution is 2.54. The normalized spacial score (nSPS) is 12.2. The zero-order chi connectivity index (χ0) is 49.9. The summed E-state index contributed by atoms with van der Waals surface area (Å²) >= 11 is 0. The van der Waals surface area contributed by atoms with Crippen LogP contribution in [0.4, 0.5) is 51.2 Å². The molecule has 0 spiro atoms. The van der Waals surface area contributed by atoms with Gasteiger partial charge in [-0.2, -0.15) is 0 Å². The molecule has 0 unspecified atom stereocenters. The molecule has 11 aromatic carbocycles. The molecule has 0 aromatic heterocycles. The Bertz CT molecular complexity index is 3510. The second-order valence-corrected chi connectivity index (χ2v) is 19.9. The Labute approximate surface area is 436 Å². The van der Waals surface area contributed by atoms with Crippen LogP contribution in [-0.2, 0) is 0 Å². The summed E-state index contributed by atoms with van der Waals surface area (Å²) < 4.78 is 0. The Morgan fingerprint density at radius 3 is 0.905 bits per heavy atom. The highest BCUT2D eigenvalue weighted by Gasteiger charge is 2.46. The lowest BCUT2D eigenvalue weighted by Crippen LogP contribution is -2.61. The number of hydrogen-bond donors (Lipinski definition) is 0. The smallest absolute Gasteiger partial charge is 0.252 e. The first-order valence-electron chi connectivity index (χ1n) is 25.8. The van der Waals surface area contributed by atoms with Crippen molar-refractivity contribution in [3.8, 4) is 44.5 Å². The zero-order valence-corrected chi connectivity index (χ0v) is 42.2. The molecule has 0 fully saturated rings. The van der Waals surface area contributed by atoms with Crippen LogP contribution in [0.15, 0.2) is 255 Å². The standard InChI is InChI=1S/C70H54BN3/c1-47-41-62-64(43-49(47)3)73(69-58(51-25-11-5-12-26-51)37-23-38-59(69)52-27-13-6-14-28-52)66-45-57(72(55-33-19-9-20-34-55)56-35-21-10-22-36-56)46-67-68(66)71(62)63-42-48(2)50(4)44-65(63)74(67)70-60(53-29-15-7-16-30-53)39-24-40-61(70)54-31-17-8-18-32-54/h5-46H,1-4H3. The molecule has 0 bridgehead atoms. The molecule has 11 aromatic rings. The number of nitrogens with zero attached hydrogens (tertiary/aromatic N) is 3. The van der Waals surface area contributed by atoms with Gasteiger partial charge in [0.05, 0.1) is 17.1 Å². The van der Waals surface area contributed by atoms with E-state index in [9.17, 15) is 0 Å². The van der Waals surface area contributed by atoms with Gasteiger partial charge in [-0.3, -0.25) is 0 Å². The van der Waals surface area contributed by atoms with Gasteiger partial charge in [0, 0.05) is 56.4 Å². The van der Waals surface area contributed by atoms with Gasteiger partial charge in [-0.25, -0.2) is 0 Å². The average Bonchev–Trinajstić information content (AvgIpc) is 3.48. The maximum atomic E-state index is 2.64. The Balaban J connectivity index is 1.24. The highest BCUT2D eigenvalue weighted by molar-refractivity contribution is 7.00. The fourth-order valence-electron chi connectivity index (χ4n) is 11.7. The predicted octanol–water partition coefficient (Wildman–Crippen LogP) is 17.1. The third-order valence-electron chi connectivity index (χ3n) is 15.4. The molecule has 13 rings (SSSR count). The van der Waals surface area contributed by atoms with Gasteiger partial charge >= 0.3 is 0 Å². The minimum Gasteiger partial charge on any atom is -0.310 e. The molecular formula is C70H54BN3. The molecule has 0 atom stereocenters. The van der Waals surface area contributed by atoms with Gasteiger partial charge in [-0.15, -0.1) is 0 Å². The number of aryl methyl sites for hydroxylation is 4. The first-order chi connectivity index (χ1) is 36.4. The fraction of sp³-hybridized carbons (Fsp3) is 0.0571. The van der Waals surface area contributed by atoms with Crippen LogP contribution < -0.4 is 31.1 Å². The molecule has 2 heterocycles. The Hall–Kier alpha value is -9.12. The molecule has 2 aliphatic rings. The van der Waals surface area contributed by atoms with Crippen LogP contribution in [0.3, 0.4) is 0 Å². The van der Waals surface area contributed by atoms with Crippen molar-refractivity contribution in [2.75, 3.05) is 14.7 Å². The van der Waals surface area contributed by atoms with Crippen molar-refractivity contribution in [3.05, 3.63) is 277 Å². The van der Waals surface area contributed by atoms with Crippen molar-refractivity contribution in [2.45, 2.75) is 27.7 Å². The maximum absolute atomic E-state index is 2.64. The Kier molecular flexibility index (Phi) is 11.2. The number of anilines is 9. The number of para-hydroxylation sites is 4. The third-order valence-corrected chi connectivity index (χ3v) is 15.4. The number of hydrogen-bond acceptors (Lipinski definition) is 3. The average molecular weight is 948 g/mol. The summed E-state index contributed by atoms with van der Waals surface area (Å²) in [6, 6.07) is 94.2. The molecule has 74 heavy (non-hydrogen) atoms. The summed E-state index contributed by atoms with van der Waals surface area (Å²) in [5, 5.41) is 0. The van der Waals surface area contributed by atoms with E-state index in [-0.39, 0.29) is 6.71 Å². The lowest BCUT2D eigenvalue weighted by molar-refractivity contribution is 1.21. The summed E-state index contributed by atoms with van der Waals surface area (Å²) in [5.74, 6) is 0. The Morgan fingerprint density at radius 1 is 0.284 bits per heavy atom. The molecule has 0 amide bonds. The number of rotatable bonds is 9. The summed E-state index contributed by atoms with van der Waals surface area (Å²) in [6.45, 7) is 9.01. The quantitative estimate of drug-likeness (QED) is 0.134. The lowest BCUT2D eigenvalue weighted by Gasteiger charge is -2.46. The van der Waals surface area contributed by atoms with Crippen molar-refractivity contribution in [1.82, 2.24) is 0 Å². The summed E-state index contributed by atoms with van der Waals surface area (Å²) in [4.78, 5) is 7.73. The van der Waals surface area contributed by atoms with Gasteiger partial charge in [0.15, 0.2) is 0 Å². The molecule has 2 aliphatic heterocycles. The van der Waals surface area contributed by atoms with Crippen LogP contribution in [0, 0.1) is 27.7 Å². The summed E-state index contributed by atoms with van der Waals surface area (Å²) in [5.41, 5.74) is 28.4. The summed E-state index contributed by atoms with van der Waals surface area (Å²) in [7, 11) is 0. The minimum atomic E-state index is -0.0971. The molecule has 0 radical (unpaired) electrons. The van der Waals surface area contributed by atoms with Gasteiger partial charge in [0.25, 0.3) is 6.71 Å². The van der Waals surface area contributed by atoms with Crippen LogP contribution in [-0.4, -0.2) is 6.71 Å². The molecule has 4 heteroatoms. The van der Waals surface area contributed by atoms with E-state index >= 15 is 0 Å². The van der Waals surface area contributed by atoms with Crippen LogP contribution >= 0.6 is 0 Å². The predicted molar refractivity (Wildman–Crippen MR) is 316 cm³/mol. The van der Waals surface area contributed by atoms with Crippen LogP contribution in [0.1, 0.15) is 22.3 Å². The maximum Gasteiger partial charge on any atom is 0.252 e. The van der Waals surface area contributed by atoms with Crippen LogP contribution in [0.2, 0.25) is 0 Å². The number of benzene rings is 11. The largest absolute Gasteiger partial charge is 0.310 e. The van der Waals surface area contributed by atoms with Crippen LogP contribution in [0.25, 0.3) is 44.5 Å². The fourth-order valence-corrected chi connectivity index (χ4v) is 11.7. The second-order valence-electron chi connectivity index (χ2n) is 19.9. The molecule has 0 saturated carbocycles. The van der Waals surface area contributed by atoms with Crippen molar-refractivity contribution in [3.63, 3.8) is 0 Å². The molecule has 352 valence electrons. The lowest BCUT2D eigenvalue weighted by atomic mass is 9.33. The van der Waals surface area contributed by atoms with E-state index in [0.29, 0.717) is 0 Å². The molecular weight excluding hydrogens is 894 g/mol. The number of fused-ring (bicyclic) bond motifs is 4. The van der Waals surface area contributed by atoms with Gasteiger partial charge in [-0.05, 0) is 137 Å². The second kappa shape index (κ2) is 18.5. The van der Waals surface area contributed by atoms with E-state index in [4.69, 9.17) is 0 Å². The van der Waals surface area contributed by atoms with Crippen molar-refractivity contribution in [1.29, 1.82) is 0 Å². The van der Waals surface area contributed by atoms with Crippen molar-refractivity contribution < 1.29 is 0 Å². The first kappa shape index (κ1) is 44.8. The minimum absolute atomic E-state index is 0.0971. The van der Waals surface area contributed by atoms with E-state index < -0.39 is 0 Å². The van der Waals surface area contributed by atoms with Gasteiger partial charge in [-0.1, -0.05) is 206 Å². The van der Waals surface area contributed by atoms with Crippen LogP contribution in [0.5, 0.6) is 0 Å². The molecule has 0 aliphatic carbocycles. The van der Waals surface area contributed by atoms with Gasteiger partial charge < -0.3 is 14.7 Å². The zero-order valence-electron chi connectivity index (χ0n) is 42.2. The van der Waals surface area contributed by atoms with Crippen molar-refractivity contribution >= 4 is 74.3 Å². The van der Waals surface area contributed by atoms with E-state index in [1.54, 1.807) is 0 Å². The van der Waals surface area contributed by atoms with E-state index in [0.717, 1.165) is 84.3 Å². The molecule has 0 N–H and O–H groups in total. The SMILES string of the molecule is Cc1cc2c(cc1C)N(c1c(-c3ccccc3)cccc1-c1ccccc1)c1cc(N(c3ccccc3)c3ccccc3)cc3c1B2c1cc(C)c(C)cc1N3c1c(-c2ccccc2)cccc1-c1ccccc1. The van der Waals surface area contributed by atoms with Gasteiger partial charge in [0.2, 0.25) is 0 Å². The van der Waals surface area contributed by atoms with E-state index in [1.807, 2.05) is 0 Å². The van der Waals surface area contributed by atoms with Crippen molar-refractivity contribution in [2.24, 2.45) is 0 Å². The summed E-state index contributed by atoms with van der Waals surface area (Å²) in [6.07, 6.45) is 0. The topological polar surface area (TPSA) is 9.72 Å². The van der Waals surface area contributed by atoms with Gasteiger partial charge in [0.1, 0.15) is 0 Å². The van der Waals surface area contributed by atoms with E-state index in [2.05, 4.69) is 297 Å². The van der Waals surface area contributed by atoms with E-state index in [1.165, 1.54) is 50.0 Å². The highest BCUT2D eigenvalue weighted by atomic mass is 15.2. The monoisotopic (exact) mass is 947 g/mol. The molecule has 3 nitrogen and oxygen atoms in total. The first-order valence-corrected chi connectivity index (χ1v) is 25.8. The molecule has 0 saturated heterocycles. The third kappa shape index (κ3) is 7.53. The Morgan fingerprint density at radius 2 is 0.581 bits per heavy atom.